The van der Waals surface area contributed by atoms with Crippen LogP contribution < -0.4 is 0 Å². The maximum Gasteiger partial charge on any atom is 0.346 e. The van der Waals surface area contributed by atoms with Crippen LogP contribution in [-0.4, -0.2) is 37.2 Å². The number of rotatable bonds is 5. The highest BCUT2D eigenvalue weighted by Crippen LogP contribution is 2.12. The third-order valence-corrected chi connectivity index (χ3v) is 3.11. The molecule has 6 heteroatoms. The molecule has 0 bridgehead atoms. The zero-order valence-electron chi connectivity index (χ0n) is 13.8. The largest absolute Gasteiger partial charge is 0.459 e. The summed E-state index contributed by atoms with van der Waals surface area (Å²) in [7, 11) is 0. The van der Waals surface area contributed by atoms with Gasteiger partial charge >= 0.3 is 17.9 Å². The molecule has 0 spiro atoms. The summed E-state index contributed by atoms with van der Waals surface area (Å²) >= 11 is 0. The van der Waals surface area contributed by atoms with E-state index < -0.39 is 11.9 Å². The molecular formula is C19H18O6. The fourth-order valence-corrected chi connectivity index (χ4v) is 1.69. The van der Waals surface area contributed by atoms with Gasteiger partial charge in [-0.1, -0.05) is 43.0 Å². The van der Waals surface area contributed by atoms with E-state index >= 15 is 0 Å². The van der Waals surface area contributed by atoms with E-state index in [1.807, 2.05) is 30.3 Å². The van der Waals surface area contributed by atoms with Gasteiger partial charge in [0, 0.05) is 11.6 Å². The van der Waals surface area contributed by atoms with Crippen LogP contribution in [0.15, 0.2) is 60.2 Å². The molecule has 2 aliphatic rings. The fourth-order valence-electron chi connectivity index (χ4n) is 1.69. The number of carbonyl (C=O) groups excluding carboxylic acids is 3. The van der Waals surface area contributed by atoms with E-state index in [-0.39, 0.29) is 17.6 Å². The lowest BCUT2D eigenvalue weighted by atomic mass is 10.1. The highest BCUT2D eigenvalue weighted by molar-refractivity contribution is 6.11. The quantitative estimate of drug-likeness (QED) is 0.353. The van der Waals surface area contributed by atoms with E-state index in [9.17, 15) is 14.4 Å². The minimum Gasteiger partial charge on any atom is -0.459 e. The Hall–Kier alpha value is -2.99. The molecule has 0 N–H and O–H groups in total. The zero-order chi connectivity index (χ0) is 18.2. The summed E-state index contributed by atoms with van der Waals surface area (Å²) in [6.45, 7) is 6.14. The summed E-state index contributed by atoms with van der Waals surface area (Å²) in [5.41, 5.74) is 1.68. The van der Waals surface area contributed by atoms with Gasteiger partial charge in [-0.15, -0.1) is 0 Å². The molecule has 1 unspecified atom stereocenters. The van der Waals surface area contributed by atoms with Crippen LogP contribution in [0.1, 0.15) is 12.5 Å². The molecule has 0 amide bonds. The maximum atomic E-state index is 11.0. The standard InChI is InChI=1S/C12H8O3.C7H10O3/c13-11-8-10(12(14)15-11)7-6-9-4-2-1-3-5-9;1-5(2)7(8)10-4-6-3-9-6/h1-8H;6H,1,3-4H2,2H3. The van der Waals surface area contributed by atoms with E-state index in [2.05, 4.69) is 11.3 Å². The molecule has 1 saturated heterocycles. The van der Waals surface area contributed by atoms with Gasteiger partial charge in [-0.3, -0.25) is 0 Å². The van der Waals surface area contributed by atoms with Crippen molar-refractivity contribution in [2.45, 2.75) is 13.0 Å². The van der Waals surface area contributed by atoms with Gasteiger partial charge in [-0.2, -0.15) is 0 Å². The fraction of sp³-hybridized carbons (Fsp3) is 0.211. The van der Waals surface area contributed by atoms with E-state index in [1.54, 1.807) is 19.1 Å². The van der Waals surface area contributed by atoms with Crippen molar-refractivity contribution in [3.05, 3.63) is 65.8 Å². The molecule has 1 aromatic rings. The predicted molar refractivity (Wildman–Crippen MR) is 90.2 cm³/mol. The van der Waals surface area contributed by atoms with Crippen LogP contribution in [0.4, 0.5) is 0 Å². The van der Waals surface area contributed by atoms with Crippen LogP contribution in [0.5, 0.6) is 0 Å². The summed E-state index contributed by atoms with van der Waals surface area (Å²) in [5, 5.41) is 0. The lowest BCUT2D eigenvalue weighted by molar-refractivity contribution is -0.150. The SMILES string of the molecule is C=C(C)C(=O)OCC1CO1.O=C1C=C(C=Cc2ccccc2)C(=O)O1. The molecule has 0 radical (unpaired) electrons. The highest BCUT2D eigenvalue weighted by Gasteiger charge is 2.24. The van der Waals surface area contributed by atoms with Gasteiger partial charge in [0.25, 0.3) is 0 Å². The maximum absolute atomic E-state index is 11.0. The second-order valence-corrected chi connectivity index (χ2v) is 5.39. The topological polar surface area (TPSA) is 82.2 Å². The van der Waals surface area contributed by atoms with Crippen molar-refractivity contribution in [3.63, 3.8) is 0 Å². The van der Waals surface area contributed by atoms with Gasteiger partial charge in [0.15, 0.2) is 0 Å². The number of hydrogen-bond donors (Lipinski definition) is 0. The normalized spacial score (nSPS) is 18.1. The van der Waals surface area contributed by atoms with Gasteiger partial charge < -0.3 is 14.2 Å². The van der Waals surface area contributed by atoms with Gasteiger partial charge in [0.05, 0.1) is 12.2 Å². The van der Waals surface area contributed by atoms with Crippen LogP contribution >= 0.6 is 0 Å². The minimum absolute atomic E-state index is 0.142. The van der Waals surface area contributed by atoms with Crippen molar-refractivity contribution in [3.8, 4) is 0 Å². The summed E-state index contributed by atoms with van der Waals surface area (Å²) < 4.78 is 13.9. The first-order valence-electron chi connectivity index (χ1n) is 7.61. The molecule has 2 aliphatic heterocycles. The Kier molecular flexibility index (Phi) is 6.42. The lowest BCUT2D eigenvalue weighted by Crippen LogP contribution is -2.09. The van der Waals surface area contributed by atoms with Crippen LogP contribution in [-0.2, 0) is 28.6 Å². The minimum atomic E-state index is -0.604. The first-order valence-corrected chi connectivity index (χ1v) is 7.61. The molecule has 0 saturated carbocycles. The monoisotopic (exact) mass is 342 g/mol. The second kappa shape index (κ2) is 8.75. The molecule has 25 heavy (non-hydrogen) atoms. The third kappa shape index (κ3) is 6.56. The molecule has 0 aliphatic carbocycles. The number of carbonyl (C=O) groups is 3. The van der Waals surface area contributed by atoms with Gasteiger partial charge in [-0.05, 0) is 18.6 Å². The summed E-state index contributed by atoms with van der Waals surface area (Å²) in [6, 6.07) is 9.50. The Bertz CT molecular complexity index is 726. The number of ether oxygens (including phenoxy) is 3. The van der Waals surface area contributed by atoms with E-state index in [4.69, 9.17) is 9.47 Å². The summed E-state index contributed by atoms with van der Waals surface area (Å²) in [5.74, 6) is -1.53. The Labute approximate surface area is 145 Å². The number of hydrogen-bond acceptors (Lipinski definition) is 6. The molecule has 3 rings (SSSR count). The molecule has 1 aromatic carbocycles. The third-order valence-electron chi connectivity index (χ3n) is 3.11. The smallest absolute Gasteiger partial charge is 0.346 e. The number of cyclic esters (lactones) is 2. The van der Waals surface area contributed by atoms with E-state index in [0.29, 0.717) is 18.8 Å². The first-order chi connectivity index (χ1) is 12.0. The van der Waals surface area contributed by atoms with Crippen molar-refractivity contribution < 1.29 is 28.6 Å². The molecule has 6 nitrogen and oxygen atoms in total. The number of benzene rings is 1. The Balaban J connectivity index is 0.000000196. The Morgan fingerprint density at radius 1 is 1.28 bits per heavy atom. The Morgan fingerprint density at radius 2 is 1.96 bits per heavy atom. The Morgan fingerprint density at radius 3 is 2.48 bits per heavy atom. The van der Waals surface area contributed by atoms with Gasteiger partial charge in [0.1, 0.15) is 12.7 Å². The van der Waals surface area contributed by atoms with Crippen molar-refractivity contribution in [1.29, 1.82) is 0 Å². The van der Waals surface area contributed by atoms with Crippen LogP contribution in [0.25, 0.3) is 6.08 Å². The molecule has 1 fully saturated rings. The second-order valence-electron chi connectivity index (χ2n) is 5.39. The van der Waals surface area contributed by atoms with Crippen molar-refractivity contribution >= 4 is 24.0 Å². The van der Waals surface area contributed by atoms with Crippen LogP contribution in [0, 0.1) is 0 Å². The van der Waals surface area contributed by atoms with Crippen LogP contribution in [0.3, 0.4) is 0 Å². The van der Waals surface area contributed by atoms with Gasteiger partial charge in [-0.25, -0.2) is 14.4 Å². The molecule has 2 heterocycles. The molecule has 1 atom stereocenters. The van der Waals surface area contributed by atoms with Crippen molar-refractivity contribution in [2.75, 3.05) is 13.2 Å². The average Bonchev–Trinajstić information content (AvgIpc) is 3.36. The number of epoxide rings is 1. The van der Waals surface area contributed by atoms with Crippen LogP contribution in [0.2, 0.25) is 0 Å². The molecular weight excluding hydrogens is 324 g/mol. The van der Waals surface area contributed by atoms with E-state index in [0.717, 1.165) is 5.56 Å². The van der Waals surface area contributed by atoms with E-state index in [1.165, 1.54) is 6.08 Å². The molecule has 0 aromatic heterocycles. The first kappa shape index (κ1) is 18.4. The highest BCUT2D eigenvalue weighted by atomic mass is 16.6. The molecule has 130 valence electrons. The van der Waals surface area contributed by atoms with Crippen molar-refractivity contribution in [1.82, 2.24) is 0 Å². The summed E-state index contributed by atoms with van der Waals surface area (Å²) in [6.07, 6.45) is 4.65. The zero-order valence-corrected chi connectivity index (χ0v) is 13.8. The van der Waals surface area contributed by atoms with Crippen molar-refractivity contribution in [2.24, 2.45) is 0 Å². The number of esters is 3. The lowest BCUT2D eigenvalue weighted by Gasteiger charge is -1.99. The average molecular weight is 342 g/mol. The summed E-state index contributed by atoms with van der Waals surface area (Å²) in [4.78, 5) is 32.5. The predicted octanol–water partition coefficient (Wildman–Crippen LogP) is 2.21. The van der Waals surface area contributed by atoms with Gasteiger partial charge in [0.2, 0.25) is 0 Å².